The number of rotatable bonds is 6. The van der Waals surface area contributed by atoms with E-state index in [-0.39, 0.29) is 5.56 Å². The summed E-state index contributed by atoms with van der Waals surface area (Å²) < 4.78 is 10.3. The molecule has 1 aromatic carbocycles. The molecule has 2 rings (SSSR count). The lowest BCUT2D eigenvalue weighted by atomic mass is 10.2. The fraction of sp³-hybridized carbons (Fsp3) is 0.250. The Bertz CT molecular complexity index is 738. The second-order valence-electron chi connectivity index (χ2n) is 4.64. The molecule has 0 atom stereocenters. The Morgan fingerprint density at radius 2 is 1.87 bits per heavy atom. The Morgan fingerprint density at radius 1 is 1.17 bits per heavy atom. The molecular weight excluding hydrogens is 318 g/mol. The van der Waals surface area contributed by atoms with Gasteiger partial charge in [-0.2, -0.15) is 0 Å². The molecule has 23 heavy (non-hydrogen) atoms. The molecule has 0 bridgehead atoms. The molecule has 2 N–H and O–H groups in total. The number of methoxy groups -OCH3 is 2. The molecule has 122 valence electrons. The first-order valence-corrected chi connectivity index (χ1v) is 7.71. The third-order valence-corrected chi connectivity index (χ3v) is 4.43. The van der Waals surface area contributed by atoms with Crippen LogP contribution in [0, 0.1) is 0 Å². The van der Waals surface area contributed by atoms with E-state index in [1.54, 1.807) is 24.3 Å². The lowest BCUT2D eigenvalue weighted by Crippen LogP contribution is -2.13. The van der Waals surface area contributed by atoms with Crippen LogP contribution in [0.4, 0.5) is 5.00 Å². The van der Waals surface area contributed by atoms with E-state index in [2.05, 4.69) is 5.32 Å². The van der Waals surface area contributed by atoms with Crippen LogP contribution in [0.15, 0.2) is 24.3 Å². The number of carbonyl (C=O) groups is 2. The molecule has 2 aromatic rings. The molecule has 0 fully saturated rings. The Hall–Kier alpha value is -2.54. The van der Waals surface area contributed by atoms with Crippen LogP contribution in [0.3, 0.4) is 0 Å². The number of carbonyl (C=O) groups excluding carboxylic acids is 1. The first-order chi connectivity index (χ1) is 11.0. The van der Waals surface area contributed by atoms with Crippen LogP contribution in [-0.4, -0.2) is 31.2 Å². The van der Waals surface area contributed by atoms with E-state index < -0.39 is 11.9 Å². The molecule has 6 nitrogen and oxygen atoms in total. The van der Waals surface area contributed by atoms with E-state index in [0.29, 0.717) is 28.5 Å². The quantitative estimate of drug-likeness (QED) is 0.846. The highest BCUT2D eigenvalue weighted by Gasteiger charge is 2.18. The minimum absolute atomic E-state index is 0.0978. The van der Waals surface area contributed by atoms with Crippen molar-refractivity contribution < 1.29 is 24.2 Å². The summed E-state index contributed by atoms with van der Waals surface area (Å²) in [6.45, 7) is 1.93. The molecule has 0 spiro atoms. The van der Waals surface area contributed by atoms with Gasteiger partial charge in [-0.15, -0.1) is 11.3 Å². The van der Waals surface area contributed by atoms with Gasteiger partial charge in [0, 0.05) is 10.4 Å². The molecule has 1 aromatic heterocycles. The van der Waals surface area contributed by atoms with Gasteiger partial charge in [0.1, 0.15) is 5.00 Å². The monoisotopic (exact) mass is 335 g/mol. The Morgan fingerprint density at radius 3 is 2.43 bits per heavy atom. The maximum atomic E-state index is 12.4. The summed E-state index contributed by atoms with van der Waals surface area (Å²) in [5.41, 5.74) is 0.450. The van der Waals surface area contributed by atoms with Crippen LogP contribution < -0.4 is 14.8 Å². The summed E-state index contributed by atoms with van der Waals surface area (Å²) in [5.74, 6) is -0.528. The number of hydrogen-bond donors (Lipinski definition) is 2. The zero-order valence-electron chi connectivity index (χ0n) is 13.0. The van der Waals surface area contributed by atoms with Gasteiger partial charge in [-0.3, -0.25) is 4.79 Å². The van der Waals surface area contributed by atoms with Crippen molar-refractivity contribution in [1.29, 1.82) is 0 Å². The summed E-state index contributed by atoms with van der Waals surface area (Å²) in [5, 5.41) is 12.2. The van der Waals surface area contributed by atoms with Crippen molar-refractivity contribution in [2.45, 2.75) is 13.3 Å². The smallest absolute Gasteiger partial charge is 0.338 e. The van der Waals surface area contributed by atoms with Gasteiger partial charge >= 0.3 is 5.97 Å². The number of benzene rings is 1. The van der Waals surface area contributed by atoms with Crippen molar-refractivity contribution in [2.24, 2.45) is 0 Å². The van der Waals surface area contributed by atoms with Gasteiger partial charge in [0.25, 0.3) is 5.91 Å². The average molecular weight is 335 g/mol. The molecule has 0 aliphatic heterocycles. The number of aryl methyl sites for hydroxylation is 1. The van der Waals surface area contributed by atoms with Crippen molar-refractivity contribution in [2.75, 3.05) is 19.5 Å². The van der Waals surface area contributed by atoms with Gasteiger partial charge in [-0.1, -0.05) is 6.92 Å². The molecule has 0 aliphatic carbocycles. The Kier molecular flexibility index (Phi) is 5.23. The predicted octanol–water partition coefficient (Wildman–Crippen LogP) is 3.28. The minimum Gasteiger partial charge on any atom is -0.493 e. The number of nitrogens with one attached hydrogen (secondary N) is 1. The fourth-order valence-corrected chi connectivity index (χ4v) is 3.00. The first kappa shape index (κ1) is 16.8. The number of anilines is 1. The summed E-state index contributed by atoms with van der Waals surface area (Å²) in [6.07, 6.45) is 0.706. The topological polar surface area (TPSA) is 84.9 Å². The molecule has 0 unspecified atom stereocenters. The highest BCUT2D eigenvalue weighted by atomic mass is 32.1. The van der Waals surface area contributed by atoms with Crippen LogP contribution in [0.25, 0.3) is 0 Å². The summed E-state index contributed by atoms with van der Waals surface area (Å²) >= 11 is 1.26. The van der Waals surface area contributed by atoms with Gasteiger partial charge in [-0.25, -0.2) is 4.79 Å². The molecule has 7 heteroatoms. The normalized spacial score (nSPS) is 10.2. The molecule has 0 aliphatic rings. The standard InChI is InChI=1S/C16H17NO5S/c1-4-10-8-11(16(19)20)15(23-10)17-14(18)9-5-6-12(21-2)13(7-9)22-3/h5-8H,4H2,1-3H3,(H,17,18)(H,19,20). The highest BCUT2D eigenvalue weighted by molar-refractivity contribution is 7.16. The number of ether oxygens (including phenoxy) is 2. The van der Waals surface area contributed by atoms with Crippen molar-refractivity contribution in [3.8, 4) is 11.5 Å². The van der Waals surface area contributed by atoms with Crippen molar-refractivity contribution in [3.05, 3.63) is 40.3 Å². The lowest BCUT2D eigenvalue weighted by Gasteiger charge is -2.09. The number of aromatic carboxylic acids is 1. The molecule has 0 saturated carbocycles. The zero-order chi connectivity index (χ0) is 17.0. The maximum absolute atomic E-state index is 12.4. The largest absolute Gasteiger partial charge is 0.493 e. The van der Waals surface area contributed by atoms with Crippen LogP contribution in [0.2, 0.25) is 0 Å². The number of thiophene rings is 1. The van der Waals surface area contributed by atoms with Crippen molar-refractivity contribution in [1.82, 2.24) is 0 Å². The zero-order valence-corrected chi connectivity index (χ0v) is 13.8. The van der Waals surface area contributed by atoms with E-state index in [4.69, 9.17) is 9.47 Å². The Balaban J connectivity index is 2.29. The van der Waals surface area contributed by atoms with E-state index in [1.807, 2.05) is 6.92 Å². The van der Waals surface area contributed by atoms with Crippen LogP contribution >= 0.6 is 11.3 Å². The number of amides is 1. The lowest BCUT2D eigenvalue weighted by molar-refractivity contribution is 0.0698. The van der Waals surface area contributed by atoms with Crippen LogP contribution in [-0.2, 0) is 6.42 Å². The van der Waals surface area contributed by atoms with E-state index >= 15 is 0 Å². The molecule has 0 radical (unpaired) electrons. The number of hydrogen-bond acceptors (Lipinski definition) is 5. The summed E-state index contributed by atoms with van der Waals surface area (Å²) in [7, 11) is 2.99. The maximum Gasteiger partial charge on any atom is 0.338 e. The second-order valence-corrected chi connectivity index (χ2v) is 5.77. The van der Waals surface area contributed by atoms with Crippen molar-refractivity contribution >= 4 is 28.2 Å². The van der Waals surface area contributed by atoms with E-state index in [9.17, 15) is 14.7 Å². The average Bonchev–Trinajstić information content (AvgIpc) is 2.97. The number of carboxylic acid groups (broad SMARTS) is 1. The van der Waals surface area contributed by atoms with Gasteiger partial charge in [-0.05, 0) is 30.7 Å². The SMILES string of the molecule is CCc1cc(C(=O)O)c(NC(=O)c2ccc(OC)c(OC)c2)s1. The highest BCUT2D eigenvalue weighted by Crippen LogP contribution is 2.31. The summed E-state index contributed by atoms with van der Waals surface area (Å²) in [4.78, 5) is 24.5. The van der Waals surface area contributed by atoms with Gasteiger partial charge < -0.3 is 19.9 Å². The van der Waals surface area contributed by atoms with Crippen molar-refractivity contribution in [3.63, 3.8) is 0 Å². The first-order valence-electron chi connectivity index (χ1n) is 6.89. The predicted molar refractivity (Wildman–Crippen MR) is 88.2 cm³/mol. The Labute approximate surface area is 137 Å². The third-order valence-electron chi connectivity index (χ3n) is 3.23. The second kappa shape index (κ2) is 7.15. The van der Waals surface area contributed by atoms with Crippen LogP contribution in [0.1, 0.15) is 32.5 Å². The van der Waals surface area contributed by atoms with Gasteiger partial charge in [0.05, 0.1) is 19.8 Å². The molecule has 1 amide bonds. The third kappa shape index (κ3) is 3.62. The summed E-state index contributed by atoms with van der Waals surface area (Å²) in [6, 6.07) is 6.34. The van der Waals surface area contributed by atoms with Gasteiger partial charge in [0.2, 0.25) is 0 Å². The molecular formula is C16H17NO5S. The molecule has 1 heterocycles. The fourth-order valence-electron chi connectivity index (χ4n) is 2.02. The minimum atomic E-state index is -1.07. The van der Waals surface area contributed by atoms with Gasteiger partial charge in [0.15, 0.2) is 11.5 Å². The van der Waals surface area contributed by atoms with E-state index in [1.165, 1.54) is 25.6 Å². The van der Waals surface area contributed by atoms with E-state index in [0.717, 1.165) is 4.88 Å². The van der Waals surface area contributed by atoms with Crippen LogP contribution in [0.5, 0.6) is 11.5 Å². The number of carboxylic acids is 1. The molecule has 0 saturated heterocycles.